The zero-order valence-corrected chi connectivity index (χ0v) is 12.4. The average molecular weight is 286 g/mol. The van der Waals surface area contributed by atoms with Gasteiger partial charge in [-0.15, -0.1) is 0 Å². The van der Waals surface area contributed by atoms with Crippen LogP contribution in [0.5, 0.6) is 0 Å². The molecule has 1 fully saturated rings. The highest BCUT2D eigenvalue weighted by Gasteiger charge is 2.22. The van der Waals surface area contributed by atoms with Crippen LogP contribution in [-0.4, -0.2) is 28.6 Å². The Kier molecular flexibility index (Phi) is 5.77. The van der Waals surface area contributed by atoms with E-state index in [9.17, 15) is 4.79 Å². The molecule has 0 saturated heterocycles. The van der Waals surface area contributed by atoms with Crippen molar-refractivity contribution in [3.8, 4) is 11.8 Å². The Morgan fingerprint density at radius 3 is 3.05 bits per heavy atom. The highest BCUT2D eigenvalue weighted by atomic mass is 16.2. The Hall–Kier alpha value is -1.86. The molecule has 0 aromatic carbocycles. The van der Waals surface area contributed by atoms with Gasteiger partial charge in [0.1, 0.15) is 6.61 Å². The lowest BCUT2D eigenvalue weighted by Crippen LogP contribution is -2.39. The summed E-state index contributed by atoms with van der Waals surface area (Å²) in [5, 5.41) is 11.9. The molecule has 1 aromatic rings. The minimum Gasteiger partial charge on any atom is -0.384 e. The van der Waals surface area contributed by atoms with Crippen molar-refractivity contribution in [1.29, 1.82) is 0 Å². The van der Waals surface area contributed by atoms with Crippen LogP contribution >= 0.6 is 0 Å². The van der Waals surface area contributed by atoms with E-state index >= 15 is 0 Å². The molecular formula is C17H22N2O2. The molecule has 2 N–H and O–H groups in total. The zero-order valence-electron chi connectivity index (χ0n) is 12.4. The molecule has 0 radical (unpaired) electrons. The summed E-state index contributed by atoms with van der Waals surface area (Å²) < 4.78 is 0. The smallest absolute Gasteiger partial charge is 0.252 e. The van der Waals surface area contributed by atoms with Crippen LogP contribution in [0.2, 0.25) is 0 Å². The third-order valence-electron chi connectivity index (χ3n) is 4.05. The first-order valence-electron chi connectivity index (χ1n) is 7.57. The largest absolute Gasteiger partial charge is 0.384 e. The highest BCUT2D eigenvalue weighted by molar-refractivity contribution is 5.96. The number of nitrogens with zero attached hydrogens (tertiary/aromatic N) is 1. The summed E-state index contributed by atoms with van der Waals surface area (Å²) in [6, 6.07) is 1.91. The van der Waals surface area contributed by atoms with Crippen LogP contribution in [0.4, 0.5) is 0 Å². The minimum absolute atomic E-state index is 0.0987. The van der Waals surface area contributed by atoms with Crippen molar-refractivity contribution in [3.05, 3.63) is 29.6 Å². The van der Waals surface area contributed by atoms with Gasteiger partial charge in [-0.25, -0.2) is 0 Å². The number of carbonyl (C=O) groups is 1. The Bertz CT molecular complexity index is 545. The van der Waals surface area contributed by atoms with Gasteiger partial charge >= 0.3 is 0 Å². The molecule has 4 heteroatoms. The minimum atomic E-state index is -0.227. The quantitative estimate of drug-likeness (QED) is 0.646. The summed E-state index contributed by atoms with van der Waals surface area (Å²) in [7, 11) is 0. The van der Waals surface area contributed by atoms with Crippen LogP contribution in [0.25, 0.3) is 0 Å². The van der Waals surface area contributed by atoms with Crippen molar-refractivity contribution in [2.75, 3.05) is 6.61 Å². The standard InChI is InChI=1S/C17H22N2O2/c1-13-6-3-2-4-8-16(13)19-17(21)15-9-10-18-12-14(15)7-5-11-20/h9-10,12-13,16,20H,2-4,6,8,11H2,1H3,(H,19,21). The summed E-state index contributed by atoms with van der Waals surface area (Å²) in [4.78, 5) is 16.5. The van der Waals surface area contributed by atoms with Crippen LogP contribution in [0, 0.1) is 17.8 Å². The predicted molar refractivity (Wildman–Crippen MR) is 81.7 cm³/mol. The first-order valence-corrected chi connectivity index (χ1v) is 7.57. The molecule has 1 aliphatic carbocycles. The van der Waals surface area contributed by atoms with Gasteiger partial charge in [0.25, 0.3) is 5.91 Å². The maximum atomic E-state index is 12.5. The van der Waals surface area contributed by atoms with E-state index in [4.69, 9.17) is 5.11 Å². The Labute approximate surface area is 126 Å². The maximum absolute atomic E-state index is 12.5. The number of nitrogens with one attached hydrogen (secondary N) is 1. The topological polar surface area (TPSA) is 62.2 Å². The fourth-order valence-electron chi connectivity index (χ4n) is 2.78. The van der Waals surface area contributed by atoms with Crippen LogP contribution in [0.3, 0.4) is 0 Å². The van der Waals surface area contributed by atoms with E-state index in [2.05, 4.69) is 29.1 Å². The van der Waals surface area contributed by atoms with Crippen molar-refractivity contribution in [1.82, 2.24) is 10.3 Å². The Morgan fingerprint density at radius 1 is 1.43 bits per heavy atom. The number of rotatable bonds is 2. The summed E-state index contributed by atoms with van der Waals surface area (Å²) in [6.45, 7) is 1.98. The van der Waals surface area contributed by atoms with Crippen molar-refractivity contribution < 1.29 is 9.90 Å². The maximum Gasteiger partial charge on any atom is 0.252 e. The fraction of sp³-hybridized carbons (Fsp3) is 0.529. The number of pyridine rings is 1. The zero-order chi connectivity index (χ0) is 15.1. The molecule has 21 heavy (non-hydrogen) atoms. The SMILES string of the molecule is CC1CCCCCC1NC(=O)c1ccncc1C#CCO. The van der Waals surface area contributed by atoms with E-state index in [0.29, 0.717) is 17.0 Å². The molecule has 2 atom stereocenters. The normalized spacial score (nSPS) is 21.8. The first kappa shape index (κ1) is 15.5. The molecule has 1 aliphatic rings. The van der Waals surface area contributed by atoms with Gasteiger partial charge in [-0.2, -0.15) is 0 Å². The van der Waals surface area contributed by atoms with E-state index in [1.54, 1.807) is 18.5 Å². The molecule has 4 nitrogen and oxygen atoms in total. The molecule has 2 unspecified atom stereocenters. The second-order valence-electron chi connectivity index (χ2n) is 5.58. The number of hydrogen-bond acceptors (Lipinski definition) is 3. The van der Waals surface area contributed by atoms with E-state index in [-0.39, 0.29) is 18.6 Å². The predicted octanol–water partition coefficient (Wildman–Crippen LogP) is 2.12. The number of aliphatic hydroxyl groups is 1. The summed E-state index contributed by atoms with van der Waals surface area (Å²) in [6.07, 6.45) is 9.02. The lowest BCUT2D eigenvalue weighted by atomic mass is 9.96. The summed E-state index contributed by atoms with van der Waals surface area (Å²) >= 11 is 0. The average Bonchev–Trinajstić information content (AvgIpc) is 2.70. The molecule has 1 amide bonds. The van der Waals surface area contributed by atoms with Gasteiger partial charge in [0, 0.05) is 18.4 Å². The number of carbonyl (C=O) groups excluding carboxylic acids is 1. The van der Waals surface area contributed by atoms with E-state index in [0.717, 1.165) is 6.42 Å². The molecule has 112 valence electrons. The van der Waals surface area contributed by atoms with E-state index in [1.807, 2.05) is 0 Å². The molecule has 1 saturated carbocycles. The lowest BCUT2D eigenvalue weighted by Gasteiger charge is -2.23. The molecule has 0 spiro atoms. The van der Waals surface area contributed by atoms with Crippen molar-refractivity contribution in [2.45, 2.75) is 45.1 Å². The van der Waals surface area contributed by atoms with E-state index in [1.165, 1.54) is 25.7 Å². The van der Waals surface area contributed by atoms with Crippen molar-refractivity contribution in [2.24, 2.45) is 5.92 Å². The van der Waals surface area contributed by atoms with Crippen LogP contribution in [0.15, 0.2) is 18.5 Å². The number of aliphatic hydroxyl groups excluding tert-OH is 1. The van der Waals surface area contributed by atoms with Gasteiger partial charge in [0.05, 0.1) is 11.1 Å². The van der Waals surface area contributed by atoms with Gasteiger partial charge in [-0.05, 0) is 24.8 Å². The molecule has 0 aliphatic heterocycles. The Balaban J connectivity index is 2.12. The summed E-state index contributed by atoms with van der Waals surface area (Å²) in [5.74, 6) is 5.76. The van der Waals surface area contributed by atoms with Gasteiger partial charge in [0.15, 0.2) is 0 Å². The number of hydrogen-bond donors (Lipinski definition) is 2. The third kappa shape index (κ3) is 4.30. The number of aromatic nitrogens is 1. The summed E-state index contributed by atoms with van der Waals surface area (Å²) in [5.41, 5.74) is 1.09. The fourth-order valence-corrected chi connectivity index (χ4v) is 2.78. The molecule has 1 aromatic heterocycles. The van der Waals surface area contributed by atoms with Gasteiger partial charge in [-0.1, -0.05) is 38.0 Å². The van der Waals surface area contributed by atoms with E-state index < -0.39 is 0 Å². The second kappa shape index (κ2) is 7.80. The van der Waals surface area contributed by atoms with Crippen LogP contribution in [-0.2, 0) is 0 Å². The lowest BCUT2D eigenvalue weighted by molar-refractivity contribution is 0.0921. The first-order chi connectivity index (χ1) is 10.2. The molecule has 2 rings (SSSR count). The molecule has 0 bridgehead atoms. The van der Waals surface area contributed by atoms with Crippen LogP contribution < -0.4 is 5.32 Å². The Morgan fingerprint density at radius 2 is 2.24 bits per heavy atom. The second-order valence-corrected chi connectivity index (χ2v) is 5.58. The number of amides is 1. The van der Waals surface area contributed by atoms with Crippen molar-refractivity contribution >= 4 is 5.91 Å². The van der Waals surface area contributed by atoms with Gasteiger partial charge in [0.2, 0.25) is 0 Å². The third-order valence-corrected chi connectivity index (χ3v) is 4.05. The van der Waals surface area contributed by atoms with Crippen molar-refractivity contribution in [3.63, 3.8) is 0 Å². The monoisotopic (exact) mass is 286 g/mol. The van der Waals surface area contributed by atoms with Crippen LogP contribution in [0.1, 0.15) is 54.9 Å². The molecule has 1 heterocycles. The van der Waals surface area contributed by atoms with Gasteiger partial charge < -0.3 is 10.4 Å². The van der Waals surface area contributed by atoms with Gasteiger partial charge in [-0.3, -0.25) is 9.78 Å². The molecular weight excluding hydrogens is 264 g/mol. The highest BCUT2D eigenvalue weighted by Crippen LogP contribution is 2.23.